The third-order valence-electron chi connectivity index (χ3n) is 4.63. The van der Waals surface area contributed by atoms with E-state index in [1.165, 1.54) is 13.1 Å². The number of hydrogen-bond acceptors (Lipinski definition) is 6. The first-order valence-corrected chi connectivity index (χ1v) is 11.3. The summed E-state index contributed by atoms with van der Waals surface area (Å²) in [5.41, 5.74) is -0.950. The fraction of sp³-hybridized carbons (Fsp3) is 0.368. The molecule has 2 N–H and O–H groups in total. The third kappa shape index (κ3) is 5.88. The van der Waals surface area contributed by atoms with Crippen LogP contribution >= 0.6 is 11.6 Å². The zero-order valence-electron chi connectivity index (χ0n) is 16.8. The molecule has 174 valence electrons. The first-order valence-electron chi connectivity index (χ1n) is 9.46. The highest BCUT2D eigenvalue weighted by atomic mass is 35.5. The zero-order valence-corrected chi connectivity index (χ0v) is 18.4. The van der Waals surface area contributed by atoms with Gasteiger partial charge in [0, 0.05) is 13.1 Å². The Bertz CT molecular complexity index is 1070. The lowest BCUT2D eigenvalue weighted by molar-refractivity contribution is -0.137. The lowest BCUT2D eigenvalue weighted by atomic mass is 10.2. The van der Waals surface area contributed by atoms with Gasteiger partial charge in [-0.2, -0.15) is 17.9 Å². The molecular weight excluding hydrogens is 473 g/mol. The van der Waals surface area contributed by atoms with Crippen LogP contribution in [0, 0.1) is 0 Å². The van der Waals surface area contributed by atoms with E-state index in [1.54, 1.807) is 12.1 Å². The minimum Gasteiger partial charge on any atom is -0.378 e. The Hall–Kier alpha value is -2.41. The predicted octanol–water partition coefficient (Wildman–Crippen LogP) is 2.90. The van der Waals surface area contributed by atoms with E-state index in [4.69, 9.17) is 16.3 Å². The average Bonchev–Trinajstić information content (AvgIpc) is 2.74. The summed E-state index contributed by atoms with van der Waals surface area (Å²) in [7, 11) is -4.42. The number of rotatable bonds is 6. The SMILES string of the molecule is C[C@H](NS(=O)(=O)c1ccc(Cl)c(C(F)(F)F)c1)C(=O)Nc1ccc(N2CCOCC2)nc1. The highest BCUT2D eigenvalue weighted by molar-refractivity contribution is 7.89. The van der Waals surface area contributed by atoms with Gasteiger partial charge in [0.2, 0.25) is 15.9 Å². The summed E-state index contributed by atoms with van der Waals surface area (Å²) in [6, 6.07) is 4.24. The number of nitrogens with one attached hydrogen (secondary N) is 2. The van der Waals surface area contributed by atoms with Crippen LogP contribution in [0.3, 0.4) is 0 Å². The molecule has 0 spiro atoms. The van der Waals surface area contributed by atoms with Gasteiger partial charge in [-0.3, -0.25) is 4.79 Å². The number of carbonyl (C=O) groups is 1. The van der Waals surface area contributed by atoms with Crippen molar-refractivity contribution < 1.29 is 31.1 Å². The molecule has 1 amide bonds. The summed E-state index contributed by atoms with van der Waals surface area (Å²) in [5.74, 6) is 0.00256. The molecule has 1 aromatic carbocycles. The first kappa shape index (κ1) is 24.2. The quantitative estimate of drug-likeness (QED) is 0.643. The van der Waals surface area contributed by atoms with Crippen molar-refractivity contribution in [2.24, 2.45) is 0 Å². The second-order valence-corrected chi connectivity index (χ2v) is 9.10. The number of benzene rings is 1. The van der Waals surface area contributed by atoms with Crippen LogP contribution in [0.4, 0.5) is 24.7 Å². The molecule has 0 unspecified atom stereocenters. The molecule has 13 heteroatoms. The number of alkyl halides is 3. The smallest absolute Gasteiger partial charge is 0.378 e. The molecule has 0 bridgehead atoms. The van der Waals surface area contributed by atoms with Gasteiger partial charge in [-0.15, -0.1) is 0 Å². The number of sulfonamides is 1. The Morgan fingerprint density at radius 2 is 1.91 bits per heavy atom. The summed E-state index contributed by atoms with van der Waals surface area (Å²) in [6.07, 6.45) is -3.40. The largest absolute Gasteiger partial charge is 0.417 e. The van der Waals surface area contributed by atoms with E-state index < -0.39 is 43.6 Å². The number of morpholine rings is 1. The summed E-state index contributed by atoms with van der Waals surface area (Å²) < 4.78 is 71.4. The van der Waals surface area contributed by atoms with E-state index in [-0.39, 0.29) is 0 Å². The van der Waals surface area contributed by atoms with Gasteiger partial charge in [-0.1, -0.05) is 11.6 Å². The Labute approximate surface area is 187 Å². The number of pyridine rings is 1. The van der Waals surface area contributed by atoms with Crippen LogP contribution < -0.4 is 14.9 Å². The van der Waals surface area contributed by atoms with Gasteiger partial charge in [0.15, 0.2) is 0 Å². The van der Waals surface area contributed by atoms with Crippen molar-refractivity contribution in [3.8, 4) is 0 Å². The number of halogens is 4. The second kappa shape index (κ2) is 9.61. The fourth-order valence-corrected chi connectivity index (χ4v) is 4.39. The topological polar surface area (TPSA) is 101 Å². The lowest BCUT2D eigenvalue weighted by Crippen LogP contribution is -2.41. The van der Waals surface area contributed by atoms with E-state index in [9.17, 15) is 26.4 Å². The predicted molar refractivity (Wildman–Crippen MR) is 112 cm³/mol. The minimum atomic E-state index is -4.83. The fourth-order valence-electron chi connectivity index (χ4n) is 2.93. The second-order valence-electron chi connectivity index (χ2n) is 6.98. The van der Waals surface area contributed by atoms with Crippen LogP contribution in [0.1, 0.15) is 12.5 Å². The number of carbonyl (C=O) groups excluding carboxylic acids is 1. The van der Waals surface area contributed by atoms with Gasteiger partial charge in [-0.25, -0.2) is 13.4 Å². The van der Waals surface area contributed by atoms with E-state index >= 15 is 0 Å². The first-order chi connectivity index (χ1) is 15.0. The molecule has 1 aliphatic rings. The minimum absolute atomic E-state index is 0.337. The molecular formula is C19H20ClF3N4O4S. The van der Waals surface area contributed by atoms with Crippen LogP contribution in [0.5, 0.6) is 0 Å². The number of aromatic nitrogens is 1. The number of anilines is 2. The van der Waals surface area contributed by atoms with Crippen molar-refractivity contribution >= 4 is 39.0 Å². The summed E-state index contributed by atoms with van der Waals surface area (Å²) in [6.45, 7) is 3.84. The lowest BCUT2D eigenvalue weighted by Gasteiger charge is -2.27. The molecule has 2 heterocycles. The highest BCUT2D eigenvalue weighted by Gasteiger charge is 2.35. The Balaban J connectivity index is 1.66. The van der Waals surface area contributed by atoms with E-state index in [0.717, 1.165) is 12.1 Å². The van der Waals surface area contributed by atoms with Crippen LogP contribution in [0.25, 0.3) is 0 Å². The van der Waals surface area contributed by atoms with Crippen LogP contribution in [-0.4, -0.2) is 51.7 Å². The van der Waals surface area contributed by atoms with Crippen molar-refractivity contribution in [1.82, 2.24) is 9.71 Å². The number of amides is 1. The van der Waals surface area contributed by atoms with E-state index in [1.807, 2.05) is 4.90 Å². The normalized spacial score (nSPS) is 16.0. The Morgan fingerprint density at radius 3 is 2.50 bits per heavy atom. The molecule has 8 nitrogen and oxygen atoms in total. The van der Waals surface area contributed by atoms with Gasteiger partial charge in [0.25, 0.3) is 0 Å². The number of ether oxygens (including phenoxy) is 1. The van der Waals surface area contributed by atoms with Crippen molar-refractivity contribution in [1.29, 1.82) is 0 Å². The van der Waals surface area contributed by atoms with Gasteiger partial charge in [0.05, 0.1) is 46.6 Å². The maximum atomic E-state index is 13.0. The molecule has 1 aromatic heterocycles. The molecule has 32 heavy (non-hydrogen) atoms. The number of nitrogens with zero attached hydrogens (tertiary/aromatic N) is 2. The molecule has 0 radical (unpaired) electrons. The van der Waals surface area contributed by atoms with Crippen molar-refractivity contribution in [2.45, 2.75) is 24.0 Å². The van der Waals surface area contributed by atoms with Gasteiger partial charge < -0.3 is 15.0 Å². The monoisotopic (exact) mass is 492 g/mol. The molecule has 1 aliphatic heterocycles. The molecule has 0 saturated carbocycles. The Kier molecular flexibility index (Phi) is 7.28. The van der Waals surface area contributed by atoms with Crippen LogP contribution in [-0.2, 0) is 25.7 Å². The standard InChI is InChI=1S/C19H20ClF3N4O4S/c1-12(26-32(29,30)14-3-4-16(20)15(10-14)19(21,22)23)18(28)25-13-2-5-17(24-11-13)27-6-8-31-9-7-27/h2-5,10-12,26H,6-9H2,1H3,(H,25,28)/t12-/m0/s1. The van der Waals surface area contributed by atoms with Gasteiger partial charge >= 0.3 is 6.18 Å². The summed E-state index contributed by atoms with van der Waals surface area (Å²) in [5, 5.41) is 1.89. The average molecular weight is 493 g/mol. The van der Waals surface area contributed by atoms with Crippen molar-refractivity contribution in [3.05, 3.63) is 47.1 Å². The maximum Gasteiger partial charge on any atom is 0.417 e. The van der Waals surface area contributed by atoms with Crippen molar-refractivity contribution in [2.75, 3.05) is 36.5 Å². The summed E-state index contributed by atoms with van der Waals surface area (Å²) in [4.78, 5) is 18.0. The van der Waals surface area contributed by atoms with Gasteiger partial charge in [0.1, 0.15) is 5.82 Å². The Morgan fingerprint density at radius 1 is 1.22 bits per heavy atom. The molecule has 1 saturated heterocycles. The molecule has 0 aliphatic carbocycles. The van der Waals surface area contributed by atoms with Crippen molar-refractivity contribution in [3.63, 3.8) is 0 Å². The molecule has 2 aromatic rings. The zero-order chi connectivity index (χ0) is 23.5. The van der Waals surface area contributed by atoms with Crippen LogP contribution in [0.2, 0.25) is 5.02 Å². The highest BCUT2D eigenvalue weighted by Crippen LogP contribution is 2.35. The van der Waals surface area contributed by atoms with E-state index in [0.29, 0.717) is 43.9 Å². The maximum absolute atomic E-state index is 13.0. The molecule has 1 fully saturated rings. The third-order valence-corrected chi connectivity index (χ3v) is 6.50. The summed E-state index contributed by atoms with van der Waals surface area (Å²) >= 11 is 5.52. The van der Waals surface area contributed by atoms with Gasteiger partial charge in [-0.05, 0) is 37.3 Å². The van der Waals surface area contributed by atoms with E-state index in [2.05, 4.69) is 15.0 Å². The molecule has 3 rings (SSSR count). The molecule has 1 atom stereocenters. The number of hydrogen-bond donors (Lipinski definition) is 2. The van der Waals surface area contributed by atoms with Crippen LogP contribution in [0.15, 0.2) is 41.4 Å².